The Balaban J connectivity index is 1.94. The lowest BCUT2D eigenvalue weighted by Gasteiger charge is -2.25. The molecule has 0 aromatic heterocycles. The Labute approximate surface area is 166 Å². The molecule has 7 heteroatoms. The molecule has 1 unspecified atom stereocenters. The summed E-state index contributed by atoms with van der Waals surface area (Å²) >= 11 is 0. The maximum Gasteiger partial charge on any atom is 0.251 e. The highest BCUT2D eigenvalue weighted by Gasteiger charge is 2.29. The first kappa shape index (κ1) is 20.5. The SMILES string of the molecule is CNC(=O)c1cccc(S(=O)(=O)N(Cc2cccc(C)c2)CC2CCCO2)c1. The van der Waals surface area contributed by atoms with Gasteiger partial charge in [-0.15, -0.1) is 0 Å². The van der Waals surface area contributed by atoms with Gasteiger partial charge in [-0.2, -0.15) is 4.31 Å². The van der Waals surface area contributed by atoms with E-state index in [1.165, 1.54) is 23.5 Å². The number of hydrogen-bond acceptors (Lipinski definition) is 4. The number of ether oxygens (including phenoxy) is 1. The average molecular weight is 403 g/mol. The van der Waals surface area contributed by atoms with Crippen molar-refractivity contribution in [1.29, 1.82) is 0 Å². The van der Waals surface area contributed by atoms with Crippen molar-refractivity contribution in [2.24, 2.45) is 0 Å². The summed E-state index contributed by atoms with van der Waals surface area (Å²) in [6.45, 7) is 3.19. The topological polar surface area (TPSA) is 75.7 Å². The summed E-state index contributed by atoms with van der Waals surface area (Å²) in [5, 5.41) is 2.53. The Hall–Kier alpha value is -2.22. The third-order valence-electron chi connectivity index (χ3n) is 4.83. The number of amides is 1. The van der Waals surface area contributed by atoms with Crippen LogP contribution in [0.3, 0.4) is 0 Å². The van der Waals surface area contributed by atoms with Crippen LogP contribution in [0.5, 0.6) is 0 Å². The molecule has 2 aromatic rings. The zero-order valence-corrected chi connectivity index (χ0v) is 17.0. The molecular weight excluding hydrogens is 376 g/mol. The van der Waals surface area contributed by atoms with E-state index in [9.17, 15) is 13.2 Å². The summed E-state index contributed by atoms with van der Waals surface area (Å²) in [6.07, 6.45) is 1.68. The van der Waals surface area contributed by atoms with Gasteiger partial charge in [0, 0.05) is 32.3 Å². The Bertz CT molecular complexity index is 937. The zero-order valence-electron chi connectivity index (χ0n) is 16.2. The molecule has 1 saturated heterocycles. The highest BCUT2D eigenvalue weighted by atomic mass is 32.2. The molecule has 0 spiro atoms. The maximum absolute atomic E-state index is 13.4. The number of benzene rings is 2. The van der Waals surface area contributed by atoms with E-state index in [0.717, 1.165) is 24.0 Å². The van der Waals surface area contributed by atoms with E-state index in [-0.39, 0.29) is 23.5 Å². The molecule has 1 heterocycles. The second-order valence-corrected chi connectivity index (χ2v) is 8.97. The van der Waals surface area contributed by atoms with E-state index in [0.29, 0.717) is 18.7 Å². The van der Waals surface area contributed by atoms with Gasteiger partial charge in [-0.1, -0.05) is 35.9 Å². The van der Waals surface area contributed by atoms with Gasteiger partial charge in [0.25, 0.3) is 5.91 Å². The first-order valence-corrected chi connectivity index (χ1v) is 10.8. The van der Waals surface area contributed by atoms with Gasteiger partial charge in [-0.3, -0.25) is 4.79 Å². The molecule has 1 N–H and O–H groups in total. The molecule has 0 radical (unpaired) electrons. The normalized spacial score (nSPS) is 17.0. The summed E-state index contributed by atoms with van der Waals surface area (Å²) in [5.74, 6) is -0.318. The molecule has 1 amide bonds. The van der Waals surface area contributed by atoms with E-state index in [1.54, 1.807) is 12.1 Å². The van der Waals surface area contributed by atoms with Gasteiger partial charge in [0.2, 0.25) is 10.0 Å². The number of nitrogens with one attached hydrogen (secondary N) is 1. The summed E-state index contributed by atoms with van der Waals surface area (Å²) in [6, 6.07) is 14.0. The van der Waals surface area contributed by atoms with Gasteiger partial charge >= 0.3 is 0 Å². The number of rotatable bonds is 7. The van der Waals surface area contributed by atoms with Gasteiger partial charge in [0.15, 0.2) is 0 Å². The number of aryl methyl sites for hydroxylation is 1. The molecule has 28 heavy (non-hydrogen) atoms. The first-order valence-electron chi connectivity index (χ1n) is 9.39. The third kappa shape index (κ3) is 4.79. The fourth-order valence-corrected chi connectivity index (χ4v) is 4.87. The Morgan fingerprint density at radius 3 is 2.68 bits per heavy atom. The monoisotopic (exact) mass is 402 g/mol. The van der Waals surface area contributed by atoms with Gasteiger partial charge < -0.3 is 10.1 Å². The van der Waals surface area contributed by atoms with E-state index in [1.807, 2.05) is 31.2 Å². The molecular formula is C21H26N2O4S. The van der Waals surface area contributed by atoms with Crippen LogP contribution in [0, 0.1) is 6.92 Å². The molecule has 0 aliphatic carbocycles. The van der Waals surface area contributed by atoms with Crippen LogP contribution < -0.4 is 5.32 Å². The zero-order chi connectivity index (χ0) is 20.1. The lowest BCUT2D eigenvalue weighted by atomic mass is 10.1. The van der Waals surface area contributed by atoms with E-state index < -0.39 is 10.0 Å². The average Bonchev–Trinajstić information content (AvgIpc) is 3.20. The highest BCUT2D eigenvalue weighted by molar-refractivity contribution is 7.89. The molecule has 3 rings (SSSR count). The fraction of sp³-hybridized carbons (Fsp3) is 0.381. The summed E-state index contributed by atoms with van der Waals surface area (Å²) < 4.78 is 34.0. The fourth-order valence-electron chi connectivity index (χ4n) is 3.37. The van der Waals surface area contributed by atoms with Crippen molar-refractivity contribution in [2.45, 2.75) is 37.3 Å². The van der Waals surface area contributed by atoms with Crippen molar-refractivity contribution in [1.82, 2.24) is 9.62 Å². The minimum Gasteiger partial charge on any atom is -0.377 e. The van der Waals surface area contributed by atoms with Crippen LogP contribution in [0.4, 0.5) is 0 Å². The molecule has 1 atom stereocenters. The van der Waals surface area contributed by atoms with Crippen molar-refractivity contribution in [3.8, 4) is 0 Å². The summed E-state index contributed by atoms with van der Waals surface area (Å²) in [4.78, 5) is 12.0. The third-order valence-corrected chi connectivity index (χ3v) is 6.64. The van der Waals surface area contributed by atoms with Gasteiger partial charge in [0.05, 0.1) is 11.0 Å². The lowest BCUT2D eigenvalue weighted by molar-refractivity contribution is 0.0925. The molecule has 150 valence electrons. The van der Waals surface area contributed by atoms with Crippen LogP contribution >= 0.6 is 0 Å². The standard InChI is InChI=1S/C21H26N2O4S/c1-16-6-3-7-17(12-16)14-23(15-19-9-5-11-27-19)28(25,26)20-10-4-8-18(13-20)21(24)22-2/h3-4,6-8,10,12-13,19H,5,9,11,14-15H2,1-2H3,(H,22,24). The first-order chi connectivity index (χ1) is 13.4. The smallest absolute Gasteiger partial charge is 0.251 e. The molecule has 1 fully saturated rings. The second kappa shape index (κ2) is 8.86. The van der Waals surface area contributed by atoms with E-state index in [2.05, 4.69) is 5.32 Å². The summed E-state index contributed by atoms with van der Waals surface area (Å²) in [5.41, 5.74) is 2.31. The van der Waals surface area contributed by atoms with Gasteiger partial charge in [-0.25, -0.2) is 8.42 Å². The van der Waals surface area contributed by atoms with Crippen molar-refractivity contribution < 1.29 is 17.9 Å². The van der Waals surface area contributed by atoms with Crippen molar-refractivity contribution in [2.75, 3.05) is 20.2 Å². The van der Waals surface area contributed by atoms with Crippen molar-refractivity contribution >= 4 is 15.9 Å². The van der Waals surface area contributed by atoms with Crippen LogP contribution in [0.15, 0.2) is 53.4 Å². The van der Waals surface area contributed by atoms with Crippen molar-refractivity contribution in [3.05, 3.63) is 65.2 Å². The number of sulfonamides is 1. The van der Waals surface area contributed by atoms with E-state index in [4.69, 9.17) is 4.74 Å². The van der Waals surface area contributed by atoms with Crippen LogP contribution in [-0.4, -0.2) is 44.9 Å². The molecule has 0 saturated carbocycles. The van der Waals surface area contributed by atoms with Gasteiger partial charge in [0.1, 0.15) is 0 Å². The lowest BCUT2D eigenvalue weighted by Crippen LogP contribution is -2.37. The maximum atomic E-state index is 13.4. The molecule has 6 nitrogen and oxygen atoms in total. The van der Waals surface area contributed by atoms with Crippen LogP contribution in [0.25, 0.3) is 0 Å². The quantitative estimate of drug-likeness (QED) is 0.773. The van der Waals surface area contributed by atoms with Crippen LogP contribution in [-0.2, 0) is 21.3 Å². The predicted molar refractivity (Wildman–Crippen MR) is 108 cm³/mol. The summed E-state index contributed by atoms with van der Waals surface area (Å²) in [7, 11) is -2.27. The number of hydrogen-bond donors (Lipinski definition) is 1. The van der Waals surface area contributed by atoms with E-state index >= 15 is 0 Å². The van der Waals surface area contributed by atoms with Crippen LogP contribution in [0.1, 0.15) is 34.3 Å². The minimum atomic E-state index is -3.79. The minimum absolute atomic E-state index is 0.110. The van der Waals surface area contributed by atoms with Gasteiger partial charge in [-0.05, 0) is 43.5 Å². The Morgan fingerprint density at radius 2 is 2.00 bits per heavy atom. The predicted octanol–water partition coefficient (Wildman–Crippen LogP) is 2.72. The second-order valence-electron chi connectivity index (χ2n) is 7.03. The Morgan fingerprint density at radius 1 is 1.21 bits per heavy atom. The molecule has 2 aromatic carbocycles. The highest BCUT2D eigenvalue weighted by Crippen LogP contribution is 2.23. The number of nitrogens with zero attached hydrogens (tertiary/aromatic N) is 1. The number of carbonyl (C=O) groups excluding carboxylic acids is 1. The molecule has 1 aliphatic rings. The van der Waals surface area contributed by atoms with Crippen LogP contribution in [0.2, 0.25) is 0 Å². The van der Waals surface area contributed by atoms with Crippen molar-refractivity contribution in [3.63, 3.8) is 0 Å². The Kier molecular flexibility index (Phi) is 6.49. The number of carbonyl (C=O) groups is 1. The molecule has 1 aliphatic heterocycles. The molecule has 0 bridgehead atoms. The largest absolute Gasteiger partial charge is 0.377 e.